The Bertz CT molecular complexity index is 480. The summed E-state index contributed by atoms with van der Waals surface area (Å²) >= 11 is 0. The Morgan fingerprint density at radius 3 is 2.50 bits per heavy atom. The molecule has 1 aliphatic heterocycles. The third-order valence-corrected chi connectivity index (χ3v) is 4.31. The first kappa shape index (κ1) is 10.9. The number of nitrogens with zero attached hydrogens (tertiary/aromatic N) is 1. The van der Waals surface area contributed by atoms with Crippen LogP contribution in [0.1, 0.15) is 6.42 Å². The van der Waals surface area contributed by atoms with Gasteiger partial charge in [0, 0.05) is 24.1 Å². The zero-order valence-electron chi connectivity index (χ0n) is 8.41. The monoisotopic (exact) mass is 239 g/mol. The van der Waals surface area contributed by atoms with E-state index < -0.39 is 12.3 Å². The number of non-ortho nitro benzene ring substituents is 1. The molecule has 0 N–H and O–H groups in total. The first-order valence-corrected chi connectivity index (χ1v) is 6.67. The lowest BCUT2D eigenvalue weighted by Crippen LogP contribution is -1.92. The second kappa shape index (κ2) is 4.10. The Morgan fingerprint density at radius 1 is 1.31 bits per heavy atom. The van der Waals surface area contributed by atoms with E-state index >= 15 is 0 Å². The van der Waals surface area contributed by atoms with Crippen molar-refractivity contribution in [1.29, 1.82) is 0 Å². The molecule has 0 saturated carbocycles. The molecule has 0 radical (unpaired) electrons. The zero-order valence-corrected chi connectivity index (χ0v) is 9.30. The van der Waals surface area contributed by atoms with Gasteiger partial charge >= 0.3 is 0 Å². The highest BCUT2D eigenvalue weighted by Gasteiger charge is 2.24. The smallest absolute Gasteiger partial charge is 0.270 e. The molecule has 0 spiro atoms. The van der Waals surface area contributed by atoms with Gasteiger partial charge in [-0.3, -0.25) is 14.7 Å². The molecule has 1 aromatic rings. The highest BCUT2D eigenvalue weighted by Crippen LogP contribution is 2.52. The Balaban J connectivity index is 2.14. The van der Waals surface area contributed by atoms with E-state index in [2.05, 4.69) is 0 Å². The van der Waals surface area contributed by atoms with Crippen LogP contribution in [0.4, 0.5) is 5.69 Å². The van der Waals surface area contributed by atoms with Crippen LogP contribution in [0.5, 0.6) is 5.75 Å². The van der Waals surface area contributed by atoms with Crippen LogP contribution in [0.2, 0.25) is 0 Å². The summed E-state index contributed by atoms with van der Waals surface area (Å²) in [7, 11) is -2.68. The van der Waals surface area contributed by atoms with Gasteiger partial charge < -0.3 is 4.52 Å². The average molecular weight is 239 g/mol. The van der Waals surface area contributed by atoms with E-state index in [4.69, 9.17) is 4.52 Å². The number of hydrogen-bond acceptors (Lipinski definition) is 4. The molecule has 5 nitrogen and oxygen atoms in total. The predicted octanol–water partition coefficient (Wildman–Crippen LogP) is 3.17. The van der Waals surface area contributed by atoms with E-state index in [1.165, 1.54) is 24.3 Å². The van der Waals surface area contributed by atoms with Gasteiger partial charge in [0.15, 0.2) is 0 Å². The molecule has 0 aliphatic carbocycles. The van der Waals surface area contributed by atoms with E-state index in [0.29, 0.717) is 11.9 Å². The van der Waals surface area contributed by atoms with Gasteiger partial charge in [-0.25, -0.2) is 0 Å². The predicted molar refractivity (Wildman–Crippen MR) is 60.0 cm³/mol. The Morgan fingerprint density at radius 2 is 2.00 bits per heavy atom. The van der Waals surface area contributed by atoms with Gasteiger partial charge in [0.2, 0.25) is 0 Å². The maximum absolute atomic E-state index is 12.0. The molecular formula is C10H10NO4P. The molecule has 1 heterocycles. The first-order valence-electron chi connectivity index (χ1n) is 4.80. The van der Waals surface area contributed by atoms with Gasteiger partial charge in [0.1, 0.15) is 5.75 Å². The first-order chi connectivity index (χ1) is 7.59. The third-order valence-electron chi connectivity index (χ3n) is 2.25. The average Bonchev–Trinajstić information content (AvgIpc) is 2.65. The fourth-order valence-electron chi connectivity index (χ4n) is 1.45. The summed E-state index contributed by atoms with van der Waals surface area (Å²) in [5.41, 5.74) is -0.00686. The van der Waals surface area contributed by atoms with Gasteiger partial charge in [-0.1, -0.05) is 6.08 Å². The lowest BCUT2D eigenvalue weighted by atomic mass is 10.3. The van der Waals surface area contributed by atoms with Crippen LogP contribution in [0, 0.1) is 10.1 Å². The molecule has 6 heteroatoms. The molecule has 1 aliphatic rings. The second-order valence-corrected chi connectivity index (χ2v) is 5.85. The van der Waals surface area contributed by atoms with Crippen LogP contribution in [-0.4, -0.2) is 11.1 Å². The standard InChI is InChI=1S/C10H10NO4P/c12-11(13)9-3-5-10(6-4-9)15-16(14)7-1-2-8-16/h1,3-7H,2,8H2. The normalized spacial score (nSPS) is 23.2. The van der Waals surface area contributed by atoms with Gasteiger partial charge in [-0.15, -0.1) is 0 Å². The minimum absolute atomic E-state index is 0.00686. The third kappa shape index (κ3) is 2.31. The minimum Gasteiger partial charge on any atom is -0.440 e. The van der Waals surface area contributed by atoms with E-state index in [1.54, 1.807) is 5.82 Å². The SMILES string of the molecule is O=[N+]([O-])c1ccc(OP2(=O)C=CCC2)cc1. The summed E-state index contributed by atoms with van der Waals surface area (Å²) < 4.78 is 17.3. The summed E-state index contributed by atoms with van der Waals surface area (Å²) in [6.45, 7) is 0. The van der Waals surface area contributed by atoms with Gasteiger partial charge in [-0.05, 0) is 18.6 Å². The van der Waals surface area contributed by atoms with Crippen molar-refractivity contribution in [2.24, 2.45) is 0 Å². The van der Waals surface area contributed by atoms with E-state index in [-0.39, 0.29) is 5.69 Å². The zero-order chi connectivity index (χ0) is 11.6. The summed E-state index contributed by atoms with van der Waals surface area (Å²) in [6, 6.07) is 5.59. The van der Waals surface area contributed by atoms with E-state index in [0.717, 1.165) is 6.42 Å². The van der Waals surface area contributed by atoms with Crippen molar-refractivity contribution in [3.63, 3.8) is 0 Å². The Kier molecular flexibility index (Phi) is 2.79. The number of nitro benzene ring substituents is 1. The second-order valence-electron chi connectivity index (χ2n) is 3.47. The highest BCUT2D eigenvalue weighted by molar-refractivity contribution is 7.62. The molecule has 2 rings (SSSR count). The number of benzene rings is 1. The van der Waals surface area contributed by atoms with Crippen molar-refractivity contribution in [3.8, 4) is 5.75 Å². The van der Waals surface area contributed by atoms with Crippen LogP contribution in [0.25, 0.3) is 0 Å². The fourth-order valence-corrected chi connectivity index (χ4v) is 3.21. The Labute approximate surface area is 92.3 Å². The van der Waals surface area contributed by atoms with Crippen molar-refractivity contribution >= 4 is 13.1 Å². The van der Waals surface area contributed by atoms with Crippen LogP contribution < -0.4 is 4.52 Å². The molecule has 0 aromatic heterocycles. The number of hydrogen-bond donors (Lipinski definition) is 0. The van der Waals surface area contributed by atoms with Crippen molar-refractivity contribution in [1.82, 2.24) is 0 Å². The summed E-state index contributed by atoms with van der Waals surface area (Å²) in [4.78, 5) is 9.93. The molecule has 1 aromatic carbocycles. The summed E-state index contributed by atoms with van der Waals surface area (Å²) in [6.07, 6.45) is 3.08. The number of nitro groups is 1. The maximum Gasteiger partial charge on any atom is 0.270 e. The van der Waals surface area contributed by atoms with E-state index in [1.807, 2.05) is 6.08 Å². The maximum atomic E-state index is 12.0. The van der Waals surface area contributed by atoms with Crippen LogP contribution in [0.3, 0.4) is 0 Å². The number of rotatable bonds is 3. The van der Waals surface area contributed by atoms with Crippen LogP contribution in [0.15, 0.2) is 36.2 Å². The van der Waals surface area contributed by atoms with Gasteiger partial charge in [0.25, 0.3) is 13.1 Å². The lowest BCUT2D eigenvalue weighted by Gasteiger charge is -2.11. The van der Waals surface area contributed by atoms with Crippen LogP contribution >= 0.6 is 7.37 Å². The molecule has 0 amide bonds. The van der Waals surface area contributed by atoms with E-state index in [9.17, 15) is 14.7 Å². The largest absolute Gasteiger partial charge is 0.440 e. The number of allylic oxidation sites excluding steroid dienone is 1. The lowest BCUT2D eigenvalue weighted by molar-refractivity contribution is -0.384. The van der Waals surface area contributed by atoms with Crippen molar-refractivity contribution in [3.05, 3.63) is 46.3 Å². The summed E-state index contributed by atoms with van der Waals surface area (Å²) in [5, 5.41) is 10.4. The molecule has 1 unspecified atom stereocenters. The van der Waals surface area contributed by atoms with Gasteiger partial charge in [0.05, 0.1) is 4.92 Å². The molecule has 0 fully saturated rings. The topological polar surface area (TPSA) is 69.4 Å². The minimum atomic E-state index is -2.68. The molecule has 0 bridgehead atoms. The highest BCUT2D eigenvalue weighted by atomic mass is 31.2. The molecule has 84 valence electrons. The van der Waals surface area contributed by atoms with Crippen molar-refractivity contribution in [2.45, 2.75) is 6.42 Å². The molecular weight excluding hydrogens is 229 g/mol. The fraction of sp³-hybridized carbons (Fsp3) is 0.200. The van der Waals surface area contributed by atoms with Crippen LogP contribution in [-0.2, 0) is 4.57 Å². The molecule has 0 saturated heterocycles. The van der Waals surface area contributed by atoms with Crippen molar-refractivity contribution < 1.29 is 14.0 Å². The molecule has 1 atom stereocenters. The molecule has 16 heavy (non-hydrogen) atoms. The summed E-state index contributed by atoms with van der Waals surface area (Å²) in [5.74, 6) is 1.99. The van der Waals surface area contributed by atoms with Gasteiger partial charge in [-0.2, -0.15) is 0 Å². The quantitative estimate of drug-likeness (QED) is 0.461. The van der Waals surface area contributed by atoms with Crippen molar-refractivity contribution in [2.75, 3.05) is 6.16 Å². The Hall–Kier alpha value is -1.61.